The first-order valence-electron chi connectivity index (χ1n) is 7.87. The van der Waals surface area contributed by atoms with E-state index in [1.54, 1.807) is 27.9 Å². The molecular weight excluding hydrogens is 332 g/mol. The van der Waals surface area contributed by atoms with Crippen molar-refractivity contribution in [2.24, 2.45) is 5.92 Å². The topological polar surface area (TPSA) is 78.5 Å². The van der Waals surface area contributed by atoms with Crippen molar-refractivity contribution in [2.75, 3.05) is 20.6 Å². The van der Waals surface area contributed by atoms with Gasteiger partial charge in [-0.15, -0.1) is 0 Å². The molecule has 0 saturated heterocycles. The molecule has 25 heavy (non-hydrogen) atoms. The Hall–Kier alpha value is -2.51. The van der Waals surface area contributed by atoms with Crippen molar-refractivity contribution >= 4 is 17.7 Å². The molecule has 0 radical (unpaired) electrons. The van der Waals surface area contributed by atoms with Gasteiger partial charge in [0.05, 0.1) is 0 Å². The molecular formula is C17H23F2N3O3. The van der Waals surface area contributed by atoms with Gasteiger partial charge in [0, 0.05) is 27.1 Å². The van der Waals surface area contributed by atoms with Crippen LogP contribution < -0.4 is 10.6 Å². The van der Waals surface area contributed by atoms with Crippen molar-refractivity contribution in [3.8, 4) is 0 Å². The summed E-state index contributed by atoms with van der Waals surface area (Å²) in [4.78, 5) is 37.3. The minimum Gasteiger partial charge on any atom is -0.354 e. The van der Waals surface area contributed by atoms with Gasteiger partial charge in [-0.05, 0) is 18.1 Å². The van der Waals surface area contributed by atoms with Crippen LogP contribution in [0.3, 0.4) is 0 Å². The van der Waals surface area contributed by atoms with Gasteiger partial charge in [0.25, 0.3) is 5.91 Å². The van der Waals surface area contributed by atoms with Gasteiger partial charge in [-0.25, -0.2) is 8.78 Å². The van der Waals surface area contributed by atoms with Crippen molar-refractivity contribution in [3.05, 3.63) is 35.4 Å². The zero-order valence-electron chi connectivity index (χ0n) is 14.7. The molecule has 2 N–H and O–H groups in total. The number of nitrogens with one attached hydrogen (secondary N) is 2. The van der Waals surface area contributed by atoms with Gasteiger partial charge in [-0.2, -0.15) is 0 Å². The molecule has 8 heteroatoms. The van der Waals surface area contributed by atoms with Crippen LogP contribution in [-0.2, 0) is 9.59 Å². The van der Waals surface area contributed by atoms with E-state index < -0.39 is 35.1 Å². The smallest absolute Gasteiger partial charge is 0.257 e. The van der Waals surface area contributed by atoms with E-state index in [-0.39, 0.29) is 24.8 Å². The zero-order valence-corrected chi connectivity index (χ0v) is 14.7. The molecule has 1 atom stereocenters. The maximum atomic E-state index is 13.7. The van der Waals surface area contributed by atoms with Crippen molar-refractivity contribution in [3.63, 3.8) is 0 Å². The van der Waals surface area contributed by atoms with Crippen LogP contribution >= 0.6 is 0 Å². The molecule has 1 rings (SSSR count). The average Bonchev–Trinajstić information content (AvgIpc) is 2.51. The Morgan fingerprint density at radius 3 is 2.16 bits per heavy atom. The van der Waals surface area contributed by atoms with Gasteiger partial charge in [0.2, 0.25) is 11.8 Å². The monoisotopic (exact) mass is 355 g/mol. The number of hydrogen-bond acceptors (Lipinski definition) is 3. The largest absolute Gasteiger partial charge is 0.354 e. The van der Waals surface area contributed by atoms with Crippen LogP contribution in [0, 0.1) is 17.6 Å². The Balaban J connectivity index is 2.75. The lowest BCUT2D eigenvalue weighted by molar-refractivity contribution is -0.129. The summed E-state index contributed by atoms with van der Waals surface area (Å²) in [5.41, 5.74) is -0.733. The highest BCUT2D eigenvalue weighted by Crippen LogP contribution is 2.13. The summed E-state index contributed by atoms with van der Waals surface area (Å²) >= 11 is 0. The number of rotatable bonds is 7. The summed E-state index contributed by atoms with van der Waals surface area (Å²) in [6.45, 7) is 3.48. The molecule has 3 amide bonds. The van der Waals surface area contributed by atoms with Crippen LogP contribution in [0.1, 0.15) is 30.6 Å². The number of benzene rings is 1. The van der Waals surface area contributed by atoms with Crippen molar-refractivity contribution in [1.29, 1.82) is 0 Å². The highest BCUT2D eigenvalue weighted by atomic mass is 19.1. The average molecular weight is 355 g/mol. The normalized spacial score (nSPS) is 11.8. The molecule has 6 nitrogen and oxygen atoms in total. The Morgan fingerprint density at radius 1 is 1.12 bits per heavy atom. The predicted octanol–water partition coefficient (Wildman–Crippen LogP) is 1.31. The molecule has 0 aliphatic rings. The molecule has 0 aliphatic carbocycles. The third-order valence-electron chi connectivity index (χ3n) is 3.56. The summed E-state index contributed by atoms with van der Waals surface area (Å²) in [7, 11) is 3.20. The lowest BCUT2D eigenvalue weighted by Crippen LogP contribution is -2.50. The van der Waals surface area contributed by atoms with Gasteiger partial charge in [-0.1, -0.05) is 19.9 Å². The first kappa shape index (κ1) is 20.5. The molecule has 138 valence electrons. The first-order valence-corrected chi connectivity index (χ1v) is 7.87. The lowest BCUT2D eigenvalue weighted by atomic mass is 10.0. The summed E-state index contributed by atoms with van der Waals surface area (Å²) in [5.74, 6) is -4.00. The molecule has 0 fully saturated rings. The highest BCUT2D eigenvalue weighted by molar-refractivity contribution is 5.98. The van der Waals surface area contributed by atoms with E-state index in [0.717, 1.165) is 18.2 Å². The molecule has 0 bridgehead atoms. The number of amides is 3. The molecule has 0 aromatic heterocycles. The Kier molecular flexibility index (Phi) is 7.47. The van der Waals surface area contributed by atoms with E-state index in [9.17, 15) is 23.2 Å². The van der Waals surface area contributed by atoms with Crippen LogP contribution in [-0.4, -0.2) is 49.3 Å². The van der Waals surface area contributed by atoms with Crippen LogP contribution in [0.5, 0.6) is 0 Å². The minimum atomic E-state index is -1.01. The quantitative estimate of drug-likeness (QED) is 0.774. The number of nitrogens with zero attached hydrogens (tertiary/aromatic N) is 1. The number of carbonyl (C=O) groups is 3. The van der Waals surface area contributed by atoms with Gasteiger partial charge in [0.1, 0.15) is 23.2 Å². The predicted molar refractivity (Wildman–Crippen MR) is 88.8 cm³/mol. The second-order valence-corrected chi connectivity index (χ2v) is 6.12. The molecule has 1 unspecified atom stereocenters. The highest BCUT2D eigenvalue weighted by Gasteiger charge is 2.27. The Morgan fingerprint density at radius 2 is 1.68 bits per heavy atom. The zero-order chi connectivity index (χ0) is 19.1. The van der Waals surface area contributed by atoms with Crippen molar-refractivity contribution in [2.45, 2.75) is 26.3 Å². The maximum Gasteiger partial charge on any atom is 0.257 e. The molecule has 1 aromatic carbocycles. The maximum absolute atomic E-state index is 13.7. The lowest BCUT2D eigenvalue weighted by Gasteiger charge is -2.22. The van der Waals surface area contributed by atoms with Crippen LogP contribution in [0.15, 0.2) is 18.2 Å². The van der Waals surface area contributed by atoms with E-state index >= 15 is 0 Å². The van der Waals surface area contributed by atoms with Crippen LogP contribution in [0.2, 0.25) is 0 Å². The Labute approximate surface area is 145 Å². The second-order valence-electron chi connectivity index (χ2n) is 6.12. The molecule has 1 aromatic rings. The summed E-state index contributed by atoms with van der Waals surface area (Å²) in [6, 6.07) is 2.10. The first-order chi connectivity index (χ1) is 11.6. The fourth-order valence-corrected chi connectivity index (χ4v) is 2.09. The van der Waals surface area contributed by atoms with E-state index in [2.05, 4.69) is 10.6 Å². The summed E-state index contributed by atoms with van der Waals surface area (Å²) in [6.07, 6.45) is 0.111. The number of hydrogen-bond donors (Lipinski definition) is 2. The SMILES string of the molecule is CC(C)C(NC(=O)c1c(F)cccc1F)C(=O)NCCC(=O)N(C)C. The van der Waals surface area contributed by atoms with Gasteiger partial charge < -0.3 is 15.5 Å². The van der Waals surface area contributed by atoms with Crippen molar-refractivity contribution < 1.29 is 23.2 Å². The Bertz CT molecular complexity index is 628. The third-order valence-corrected chi connectivity index (χ3v) is 3.56. The summed E-state index contributed by atoms with van der Waals surface area (Å²) in [5, 5.41) is 4.90. The van der Waals surface area contributed by atoms with Crippen LogP contribution in [0.4, 0.5) is 8.78 Å². The van der Waals surface area contributed by atoms with E-state index in [1.807, 2.05) is 0 Å². The van der Waals surface area contributed by atoms with Gasteiger partial charge >= 0.3 is 0 Å². The molecule has 0 spiro atoms. The van der Waals surface area contributed by atoms with Gasteiger partial charge in [0.15, 0.2) is 0 Å². The van der Waals surface area contributed by atoms with Crippen LogP contribution in [0.25, 0.3) is 0 Å². The standard InChI is InChI=1S/C17H23F2N3O3/c1-10(2)15(17(25)20-9-8-13(23)22(3)4)21-16(24)14-11(18)6-5-7-12(14)19/h5-7,10,15H,8-9H2,1-4H3,(H,20,25)(H,21,24). The molecule has 0 aliphatic heterocycles. The van der Waals surface area contributed by atoms with E-state index in [1.165, 1.54) is 4.90 Å². The van der Waals surface area contributed by atoms with E-state index in [0.29, 0.717) is 0 Å². The minimum absolute atomic E-state index is 0.100. The molecule has 0 heterocycles. The second kappa shape index (κ2) is 9.10. The van der Waals surface area contributed by atoms with Crippen molar-refractivity contribution in [1.82, 2.24) is 15.5 Å². The summed E-state index contributed by atoms with van der Waals surface area (Å²) < 4.78 is 27.4. The fourth-order valence-electron chi connectivity index (χ4n) is 2.09. The third kappa shape index (κ3) is 5.81. The number of carbonyl (C=O) groups excluding carboxylic acids is 3. The fraction of sp³-hybridized carbons (Fsp3) is 0.471. The molecule has 0 saturated carbocycles. The van der Waals surface area contributed by atoms with E-state index in [4.69, 9.17) is 0 Å². The number of halogens is 2. The van der Waals surface area contributed by atoms with Gasteiger partial charge in [-0.3, -0.25) is 14.4 Å².